The molecule has 1 heterocycles. The standard InChI is InChI=1S/C40H57N9O7S2/c1-24(2)18-32(38(54)45-30(35(42)51)14-16-57-3)47-40(56)34(21-27-22-43-23-44-27)49-39(55)33(20-25-8-6-5-7-9-25)48-37(53)31(15-17-58-4)46-36(52)29(41)19-26-10-12-28(50)13-11-26/h5-13,22-24,29-34,50H,14-21,41H2,1-4H3,(H2,42,51)(H,43,44)(H,45,54)(H,46,52)(H,47,56)(H,48,53)(H,49,55)/t29-,30-,31+,32-,33-,34-/m0/s1. The van der Waals surface area contributed by atoms with Crippen LogP contribution in [-0.2, 0) is 48.0 Å². The number of H-pyrrole nitrogens is 1. The first-order valence-corrected chi connectivity index (χ1v) is 21.8. The van der Waals surface area contributed by atoms with E-state index >= 15 is 0 Å². The van der Waals surface area contributed by atoms with Gasteiger partial charge in [0.25, 0.3) is 0 Å². The predicted octanol–water partition coefficient (Wildman–Crippen LogP) is 0.932. The largest absolute Gasteiger partial charge is 0.508 e. The molecule has 3 rings (SSSR count). The molecule has 0 unspecified atom stereocenters. The zero-order valence-electron chi connectivity index (χ0n) is 33.4. The second kappa shape index (κ2) is 24.6. The summed E-state index contributed by atoms with van der Waals surface area (Å²) in [5, 5.41) is 23.4. The Labute approximate surface area is 348 Å². The summed E-state index contributed by atoms with van der Waals surface area (Å²) in [4.78, 5) is 88.1. The number of aromatic nitrogens is 2. The van der Waals surface area contributed by atoms with Crippen LogP contribution in [0.5, 0.6) is 5.75 Å². The number of thioether (sulfide) groups is 2. The van der Waals surface area contributed by atoms with E-state index in [0.29, 0.717) is 23.6 Å². The van der Waals surface area contributed by atoms with Crippen molar-refractivity contribution in [2.45, 2.75) is 88.6 Å². The summed E-state index contributed by atoms with van der Waals surface area (Å²) in [6, 6.07) is 8.80. The number of amides is 6. The van der Waals surface area contributed by atoms with E-state index in [1.54, 1.807) is 36.4 Å². The van der Waals surface area contributed by atoms with Crippen LogP contribution >= 0.6 is 23.5 Å². The number of nitrogens with zero attached hydrogens (tertiary/aromatic N) is 1. The number of benzene rings is 2. The maximum absolute atomic E-state index is 14.2. The molecule has 0 bridgehead atoms. The van der Waals surface area contributed by atoms with E-state index in [9.17, 15) is 33.9 Å². The van der Waals surface area contributed by atoms with Crippen molar-refractivity contribution in [2.75, 3.05) is 24.0 Å². The van der Waals surface area contributed by atoms with Gasteiger partial charge in [0.15, 0.2) is 0 Å². The Bertz CT molecular complexity index is 1770. The molecule has 0 saturated heterocycles. The number of aromatic hydroxyl groups is 1. The number of nitrogens with two attached hydrogens (primary N) is 2. The minimum absolute atomic E-state index is 0.0391. The van der Waals surface area contributed by atoms with Gasteiger partial charge in [-0.15, -0.1) is 0 Å². The van der Waals surface area contributed by atoms with Crippen molar-refractivity contribution in [1.82, 2.24) is 36.6 Å². The fourth-order valence-electron chi connectivity index (χ4n) is 5.96. The summed E-state index contributed by atoms with van der Waals surface area (Å²) in [5.41, 5.74) is 13.7. The smallest absolute Gasteiger partial charge is 0.243 e. The highest BCUT2D eigenvalue weighted by atomic mass is 32.2. The number of carbonyl (C=O) groups excluding carboxylic acids is 6. The van der Waals surface area contributed by atoms with Gasteiger partial charge >= 0.3 is 0 Å². The molecule has 11 N–H and O–H groups in total. The number of hydrogen-bond donors (Lipinski definition) is 9. The summed E-state index contributed by atoms with van der Waals surface area (Å²) >= 11 is 2.97. The van der Waals surface area contributed by atoms with E-state index in [0.717, 1.165) is 11.1 Å². The van der Waals surface area contributed by atoms with Gasteiger partial charge in [-0.25, -0.2) is 4.98 Å². The highest BCUT2D eigenvalue weighted by Crippen LogP contribution is 2.13. The minimum atomic E-state index is -1.24. The number of rotatable bonds is 25. The first-order valence-electron chi connectivity index (χ1n) is 19.0. The van der Waals surface area contributed by atoms with Crippen molar-refractivity contribution >= 4 is 59.0 Å². The Morgan fingerprint density at radius 1 is 0.672 bits per heavy atom. The lowest BCUT2D eigenvalue weighted by molar-refractivity contribution is -0.135. The van der Waals surface area contributed by atoms with Crippen LogP contribution in [0.2, 0.25) is 0 Å². The van der Waals surface area contributed by atoms with Crippen LogP contribution < -0.4 is 38.1 Å². The molecule has 18 heteroatoms. The number of carbonyl (C=O) groups is 6. The molecule has 0 aliphatic heterocycles. The third-order valence-electron chi connectivity index (χ3n) is 9.11. The first-order chi connectivity index (χ1) is 27.7. The average Bonchev–Trinajstić information content (AvgIpc) is 3.71. The fraction of sp³-hybridized carbons (Fsp3) is 0.475. The SMILES string of the molecule is CSCC[C@H](NC(=O)[C@H](CC(C)C)NC(=O)[C@H](Cc1cnc[nH]1)NC(=O)[C@H](Cc1ccccc1)NC(=O)[C@@H](CCSC)NC(=O)[C@@H](N)Cc1ccc(O)cc1)C(N)=O. The van der Waals surface area contributed by atoms with Crippen LogP contribution in [0, 0.1) is 5.92 Å². The first kappa shape index (κ1) is 47.3. The Balaban J connectivity index is 1.86. The quantitative estimate of drug-likeness (QED) is 0.0580. The van der Waals surface area contributed by atoms with Gasteiger partial charge in [-0.1, -0.05) is 56.3 Å². The summed E-state index contributed by atoms with van der Waals surface area (Å²) in [7, 11) is 0. The Kier molecular flexibility index (Phi) is 20.1. The normalized spacial score (nSPS) is 14.2. The van der Waals surface area contributed by atoms with Crippen LogP contribution in [0.1, 0.15) is 49.9 Å². The van der Waals surface area contributed by atoms with Gasteiger partial charge in [-0.05, 0) is 78.9 Å². The van der Waals surface area contributed by atoms with E-state index in [2.05, 4.69) is 36.6 Å². The number of hydrogen-bond acceptors (Lipinski definition) is 11. The van der Waals surface area contributed by atoms with Crippen LogP contribution in [0.15, 0.2) is 67.1 Å². The third-order valence-corrected chi connectivity index (χ3v) is 10.4. The molecule has 6 amide bonds. The van der Waals surface area contributed by atoms with Gasteiger partial charge in [0.2, 0.25) is 35.4 Å². The van der Waals surface area contributed by atoms with E-state index in [1.807, 2.05) is 32.4 Å². The van der Waals surface area contributed by atoms with Crippen molar-refractivity contribution in [1.29, 1.82) is 0 Å². The van der Waals surface area contributed by atoms with Gasteiger partial charge < -0.3 is 48.1 Å². The molecule has 0 aliphatic carbocycles. The number of nitrogens with one attached hydrogen (secondary N) is 6. The van der Waals surface area contributed by atoms with Gasteiger partial charge in [0, 0.05) is 24.7 Å². The van der Waals surface area contributed by atoms with Crippen molar-refractivity contribution in [3.63, 3.8) is 0 Å². The maximum Gasteiger partial charge on any atom is 0.243 e. The van der Waals surface area contributed by atoms with Gasteiger partial charge in [0.05, 0.1) is 12.4 Å². The molecule has 0 spiro atoms. The number of aromatic amines is 1. The van der Waals surface area contributed by atoms with E-state index < -0.39 is 71.7 Å². The number of imidazole rings is 1. The van der Waals surface area contributed by atoms with Gasteiger partial charge in [-0.3, -0.25) is 28.8 Å². The van der Waals surface area contributed by atoms with E-state index in [1.165, 1.54) is 48.2 Å². The van der Waals surface area contributed by atoms with Crippen molar-refractivity contribution in [3.05, 3.63) is 83.9 Å². The monoisotopic (exact) mass is 839 g/mol. The lowest BCUT2D eigenvalue weighted by Crippen LogP contribution is -2.60. The summed E-state index contributed by atoms with van der Waals surface area (Å²) in [6.07, 6.45) is 7.60. The lowest BCUT2D eigenvalue weighted by Gasteiger charge is -2.28. The second-order valence-corrected chi connectivity index (χ2v) is 16.3. The molecule has 316 valence electrons. The Morgan fingerprint density at radius 2 is 1.17 bits per heavy atom. The summed E-state index contributed by atoms with van der Waals surface area (Å²) in [5.74, 6) is -2.72. The van der Waals surface area contributed by atoms with Crippen molar-refractivity contribution in [3.8, 4) is 5.75 Å². The molecule has 0 saturated carbocycles. The molecule has 0 aliphatic rings. The van der Waals surface area contributed by atoms with Crippen molar-refractivity contribution in [2.24, 2.45) is 17.4 Å². The van der Waals surface area contributed by atoms with E-state index in [-0.39, 0.29) is 43.8 Å². The molecular weight excluding hydrogens is 783 g/mol. The fourth-order valence-corrected chi connectivity index (χ4v) is 6.90. The van der Waals surface area contributed by atoms with Gasteiger partial charge in [0.1, 0.15) is 36.0 Å². The molecule has 0 fully saturated rings. The number of phenolic OH excluding ortho intramolecular Hbond substituents is 1. The third kappa shape index (κ3) is 16.4. The Morgan fingerprint density at radius 3 is 1.72 bits per heavy atom. The van der Waals surface area contributed by atoms with Crippen LogP contribution in [0.3, 0.4) is 0 Å². The van der Waals surface area contributed by atoms with Crippen LogP contribution in [0.25, 0.3) is 0 Å². The zero-order valence-corrected chi connectivity index (χ0v) is 35.0. The molecule has 1 aromatic heterocycles. The molecule has 2 aromatic carbocycles. The van der Waals surface area contributed by atoms with Crippen molar-refractivity contribution < 1.29 is 33.9 Å². The minimum Gasteiger partial charge on any atom is -0.508 e. The maximum atomic E-state index is 14.2. The molecule has 6 atom stereocenters. The number of primary amides is 1. The summed E-state index contributed by atoms with van der Waals surface area (Å²) < 4.78 is 0. The summed E-state index contributed by atoms with van der Waals surface area (Å²) in [6.45, 7) is 3.76. The number of phenols is 1. The second-order valence-electron chi connectivity index (χ2n) is 14.3. The van der Waals surface area contributed by atoms with E-state index in [4.69, 9.17) is 11.5 Å². The molecular formula is C40H57N9O7S2. The zero-order chi connectivity index (χ0) is 42.6. The lowest BCUT2D eigenvalue weighted by atomic mass is 10.0. The van der Waals surface area contributed by atoms with Crippen LogP contribution in [0.4, 0.5) is 0 Å². The van der Waals surface area contributed by atoms with Gasteiger partial charge in [-0.2, -0.15) is 23.5 Å². The molecule has 3 aromatic rings. The Hall–Kier alpha value is -5.07. The molecule has 58 heavy (non-hydrogen) atoms. The van der Waals surface area contributed by atoms with Crippen LogP contribution in [-0.4, -0.2) is 111 Å². The highest BCUT2D eigenvalue weighted by Gasteiger charge is 2.33. The molecule has 16 nitrogen and oxygen atoms in total. The molecule has 0 radical (unpaired) electrons. The topological polar surface area (TPSA) is 264 Å². The predicted molar refractivity (Wildman–Crippen MR) is 227 cm³/mol. The average molecular weight is 840 g/mol. The highest BCUT2D eigenvalue weighted by molar-refractivity contribution is 7.98.